The van der Waals surface area contributed by atoms with Crippen molar-refractivity contribution in [3.8, 4) is 0 Å². The minimum Gasteiger partial charge on any atom is -0.398 e. The first-order valence-electron chi connectivity index (χ1n) is 6.62. The first-order valence-corrected chi connectivity index (χ1v) is 7.44. The second-order valence-electron chi connectivity index (χ2n) is 4.78. The van der Waals surface area contributed by atoms with Crippen molar-refractivity contribution in [3.05, 3.63) is 45.4 Å². The maximum Gasteiger partial charge on any atom is 0.251 e. The number of nitrogens with zero attached hydrogens (tertiary/aromatic N) is 1. The number of anilines is 1. The highest BCUT2D eigenvalue weighted by Crippen LogP contribution is 2.21. The monoisotopic (exact) mass is 289 g/mol. The first-order chi connectivity index (χ1) is 9.51. The number of thiazole rings is 1. The summed E-state index contributed by atoms with van der Waals surface area (Å²) in [6.45, 7) is 5.95. The molecule has 1 aromatic carbocycles. The number of aryl methyl sites for hydroxylation is 2. The summed E-state index contributed by atoms with van der Waals surface area (Å²) in [5.41, 5.74) is 8.01. The van der Waals surface area contributed by atoms with Gasteiger partial charge in [-0.25, -0.2) is 4.98 Å². The number of nitrogens with one attached hydrogen (secondary N) is 1. The second-order valence-corrected chi connectivity index (χ2v) is 5.93. The number of benzene rings is 1. The number of amides is 1. The van der Waals surface area contributed by atoms with E-state index in [1.165, 1.54) is 4.88 Å². The van der Waals surface area contributed by atoms with Gasteiger partial charge in [-0.3, -0.25) is 4.79 Å². The summed E-state index contributed by atoms with van der Waals surface area (Å²) in [6.07, 6.45) is 2.83. The number of carbonyl (C=O) groups is 1. The molecule has 4 nitrogen and oxygen atoms in total. The van der Waals surface area contributed by atoms with Gasteiger partial charge in [-0.1, -0.05) is 13.0 Å². The summed E-state index contributed by atoms with van der Waals surface area (Å²) in [5, 5.41) is 3.88. The summed E-state index contributed by atoms with van der Waals surface area (Å²) in [7, 11) is 0. The van der Waals surface area contributed by atoms with E-state index in [4.69, 9.17) is 5.73 Å². The quantitative estimate of drug-likeness (QED) is 0.850. The molecule has 20 heavy (non-hydrogen) atoms. The van der Waals surface area contributed by atoms with Gasteiger partial charge in [-0.2, -0.15) is 0 Å². The number of carbonyl (C=O) groups excluding carboxylic acids is 1. The second kappa shape index (κ2) is 6.05. The number of nitrogens with two attached hydrogens (primary N) is 1. The van der Waals surface area contributed by atoms with Gasteiger partial charge in [0.15, 0.2) is 0 Å². The maximum absolute atomic E-state index is 12.2. The number of nitrogen functional groups attached to an aromatic ring is 1. The van der Waals surface area contributed by atoms with Crippen LogP contribution in [0.25, 0.3) is 0 Å². The molecule has 0 spiro atoms. The molecule has 1 aromatic heterocycles. The maximum atomic E-state index is 12.2. The van der Waals surface area contributed by atoms with Gasteiger partial charge in [0.25, 0.3) is 5.91 Å². The van der Waals surface area contributed by atoms with Crippen LogP contribution in [0.5, 0.6) is 0 Å². The highest BCUT2D eigenvalue weighted by molar-refractivity contribution is 7.11. The van der Waals surface area contributed by atoms with Gasteiger partial charge in [0, 0.05) is 22.3 Å². The largest absolute Gasteiger partial charge is 0.398 e. The van der Waals surface area contributed by atoms with Crippen LogP contribution < -0.4 is 11.1 Å². The SMILES string of the molecule is CCc1cnc(C(C)NC(=O)c2ccc(C)c(N)c2)s1. The van der Waals surface area contributed by atoms with E-state index in [0.717, 1.165) is 17.0 Å². The van der Waals surface area contributed by atoms with Gasteiger partial charge in [-0.05, 0) is 38.0 Å². The smallest absolute Gasteiger partial charge is 0.251 e. The van der Waals surface area contributed by atoms with Crippen molar-refractivity contribution in [2.45, 2.75) is 33.2 Å². The molecule has 106 valence electrons. The molecule has 0 bridgehead atoms. The molecule has 2 rings (SSSR count). The van der Waals surface area contributed by atoms with Crippen molar-refractivity contribution in [2.24, 2.45) is 0 Å². The van der Waals surface area contributed by atoms with Gasteiger partial charge in [-0.15, -0.1) is 11.3 Å². The highest BCUT2D eigenvalue weighted by Gasteiger charge is 2.14. The van der Waals surface area contributed by atoms with Crippen molar-refractivity contribution < 1.29 is 4.79 Å². The van der Waals surface area contributed by atoms with Crippen LogP contribution in [0.1, 0.15) is 45.7 Å². The summed E-state index contributed by atoms with van der Waals surface area (Å²) >= 11 is 1.63. The van der Waals surface area contributed by atoms with E-state index in [0.29, 0.717) is 11.3 Å². The number of aromatic nitrogens is 1. The zero-order valence-corrected chi connectivity index (χ0v) is 12.8. The van der Waals surface area contributed by atoms with Crippen LogP contribution in [0.4, 0.5) is 5.69 Å². The molecule has 3 N–H and O–H groups in total. The molecular formula is C15H19N3OS. The number of hydrogen-bond donors (Lipinski definition) is 2. The fourth-order valence-electron chi connectivity index (χ4n) is 1.81. The molecule has 1 amide bonds. The van der Waals surface area contributed by atoms with Gasteiger partial charge in [0.2, 0.25) is 0 Å². The molecule has 0 aliphatic heterocycles. The Labute approximate surface area is 123 Å². The van der Waals surface area contributed by atoms with E-state index in [1.807, 2.05) is 26.1 Å². The van der Waals surface area contributed by atoms with Gasteiger partial charge in [0.05, 0.1) is 6.04 Å². The minimum absolute atomic E-state index is 0.102. The van der Waals surface area contributed by atoms with Crippen LogP contribution in [0.3, 0.4) is 0 Å². The van der Waals surface area contributed by atoms with Crippen LogP contribution in [-0.4, -0.2) is 10.9 Å². The Morgan fingerprint density at radius 1 is 1.50 bits per heavy atom. The fraction of sp³-hybridized carbons (Fsp3) is 0.333. The van der Waals surface area contributed by atoms with Crippen LogP contribution in [0, 0.1) is 6.92 Å². The number of hydrogen-bond acceptors (Lipinski definition) is 4. The molecule has 5 heteroatoms. The van der Waals surface area contributed by atoms with Crippen molar-refractivity contribution in [1.29, 1.82) is 0 Å². The molecule has 0 aliphatic rings. The lowest BCUT2D eigenvalue weighted by Crippen LogP contribution is -2.26. The Kier molecular flexibility index (Phi) is 4.39. The van der Waals surface area contributed by atoms with Crippen molar-refractivity contribution in [2.75, 3.05) is 5.73 Å². The molecule has 0 saturated heterocycles. The first kappa shape index (κ1) is 14.5. The lowest BCUT2D eigenvalue weighted by atomic mass is 10.1. The molecule has 1 atom stereocenters. The lowest BCUT2D eigenvalue weighted by Gasteiger charge is -2.12. The third kappa shape index (κ3) is 3.17. The topological polar surface area (TPSA) is 68.0 Å². The Morgan fingerprint density at radius 2 is 2.25 bits per heavy atom. The normalized spacial score (nSPS) is 12.2. The van der Waals surface area contributed by atoms with Crippen LogP contribution in [0.2, 0.25) is 0 Å². The van der Waals surface area contributed by atoms with E-state index in [9.17, 15) is 4.79 Å². The Hall–Kier alpha value is -1.88. The molecule has 0 aliphatic carbocycles. The van der Waals surface area contributed by atoms with Gasteiger partial charge < -0.3 is 11.1 Å². The third-order valence-electron chi connectivity index (χ3n) is 3.18. The summed E-state index contributed by atoms with van der Waals surface area (Å²) in [4.78, 5) is 17.7. The Morgan fingerprint density at radius 3 is 2.85 bits per heavy atom. The molecule has 1 unspecified atom stereocenters. The van der Waals surface area contributed by atoms with E-state index >= 15 is 0 Å². The van der Waals surface area contributed by atoms with Crippen LogP contribution in [-0.2, 0) is 6.42 Å². The zero-order valence-electron chi connectivity index (χ0n) is 11.9. The van der Waals surface area contributed by atoms with E-state index in [2.05, 4.69) is 17.2 Å². The van der Waals surface area contributed by atoms with Crippen LogP contribution >= 0.6 is 11.3 Å². The third-order valence-corrected chi connectivity index (χ3v) is 4.50. The molecule has 2 aromatic rings. The van der Waals surface area contributed by atoms with Crippen molar-refractivity contribution >= 4 is 22.9 Å². The highest BCUT2D eigenvalue weighted by atomic mass is 32.1. The summed E-state index contributed by atoms with van der Waals surface area (Å²) in [5.74, 6) is -0.127. The van der Waals surface area contributed by atoms with E-state index < -0.39 is 0 Å². The average molecular weight is 289 g/mol. The van der Waals surface area contributed by atoms with Gasteiger partial charge in [0.1, 0.15) is 5.01 Å². The Balaban J connectivity index is 2.08. The minimum atomic E-state index is -0.127. The summed E-state index contributed by atoms with van der Waals surface area (Å²) < 4.78 is 0. The van der Waals surface area contributed by atoms with Gasteiger partial charge >= 0.3 is 0 Å². The number of rotatable bonds is 4. The zero-order chi connectivity index (χ0) is 14.7. The standard InChI is InChI=1S/C15H19N3OS/c1-4-12-8-17-15(20-12)10(3)18-14(19)11-6-5-9(2)13(16)7-11/h5-8,10H,4,16H2,1-3H3,(H,18,19). The van der Waals surface area contributed by atoms with Crippen LogP contribution in [0.15, 0.2) is 24.4 Å². The predicted octanol–water partition coefficient (Wildman–Crippen LogP) is 3.09. The van der Waals surface area contributed by atoms with E-state index in [1.54, 1.807) is 23.5 Å². The van der Waals surface area contributed by atoms with Crippen molar-refractivity contribution in [3.63, 3.8) is 0 Å². The summed E-state index contributed by atoms with van der Waals surface area (Å²) in [6, 6.07) is 5.24. The molecular weight excluding hydrogens is 270 g/mol. The predicted molar refractivity (Wildman–Crippen MR) is 83.0 cm³/mol. The average Bonchev–Trinajstić information content (AvgIpc) is 2.90. The fourth-order valence-corrected chi connectivity index (χ4v) is 2.67. The van der Waals surface area contributed by atoms with E-state index in [-0.39, 0.29) is 11.9 Å². The lowest BCUT2D eigenvalue weighted by molar-refractivity contribution is 0.0940. The molecule has 0 saturated carbocycles. The Bertz CT molecular complexity index is 621. The van der Waals surface area contributed by atoms with Crippen molar-refractivity contribution in [1.82, 2.24) is 10.3 Å². The molecule has 1 heterocycles. The molecule has 0 fully saturated rings. The molecule has 0 radical (unpaired) electrons.